The molecule has 0 spiro atoms. The van der Waals surface area contributed by atoms with Crippen LogP contribution in [0, 0.1) is 6.92 Å². The molecule has 0 heterocycles. The summed E-state index contributed by atoms with van der Waals surface area (Å²) in [5.41, 5.74) is 4.17. The van der Waals surface area contributed by atoms with E-state index in [1.807, 2.05) is 55.5 Å². The number of hydrogen-bond acceptors (Lipinski definition) is 4. The number of hydrogen-bond donors (Lipinski definition) is 1. The van der Waals surface area contributed by atoms with Crippen molar-refractivity contribution in [3.05, 3.63) is 72.3 Å². The van der Waals surface area contributed by atoms with E-state index in [0.29, 0.717) is 18.1 Å². The maximum Gasteiger partial charge on any atom is 0.277 e. The van der Waals surface area contributed by atoms with Gasteiger partial charge in [0.2, 0.25) is 0 Å². The Morgan fingerprint density at radius 2 is 1.83 bits per heavy atom. The van der Waals surface area contributed by atoms with Crippen LogP contribution in [0.1, 0.15) is 11.1 Å². The van der Waals surface area contributed by atoms with Gasteiger partial charge in [0.15, 0.2) is 6.61 Å². The zero-order chi connectivity index (χ0) is 17.2. The lowest BCUT2D eigenvalue weighted by Gasteiger charge is -2.08. The number of hydrazone groups is 1. The van der Waals surface area contributed by atoms with Crippen LogP contribution in [-0.4, -0.2) is 25.3 Å². The molecule has 2 rings (SSSR count). The summed E-state index contributed by atoms with van der Waals surface area (Å²) in [5.74, 6) is 1.02. The molecular formula is C19H20N2O3. The van der Waals surface area contributed by atoms with Gasteiger partial charge < -0.3 is 9.47 Å². The molecule has 0 saturated carbocycles. The van der Waals surface area contributed by atoms with E-state index in [-0.39, 0.29) is 12.5 Å². The van der Waals surface area contributed by atoms with Crippen molar-refractivity contribution in [1.82, 2.24) is 5.43 Å². The monoisotopic (exact) mass is 324 g/mol. The Balaban J connectivity index is 1.86. The first kappa shape index (κ1) is 17.3. The van der Waals surface area contributed by atoms with Gasteiger partial charge in [-0.05, 0) is 30.7 Å². The maximum absolute atomic E-state index is 11.8. The molecule has 0 fully saturated rings. The summed E-state index contributed by atoms with van der Waals surface area (Å²) in [5, 5.41) is 3.93. The molecule has 5 heteroatoms. The van der Waals surface area contributed by atoms with E-state index >= 15 is 0 Å². The molecule has 0 radical (unpaired) electrons. The Bertz CT molecular complexity index is 726. The van der Waals surface area contributed by atoms with Crippen LogP contribution in [0.15, 0.2) is 66.3 Å². The highest BCUT2D eigenvalue weighted by molar-refractivity contribution is 5.85. The first-order chi connectivity index (χ1) is 11.7. The molecule has 0 aromatic heterocycles. The van der Waals surface area contributed by atoms with Gasteiger partial charge in [-0.15, -0.1) is 0 Å². The summed E-state index contributed by atoms with van der Waals surface area (Å²) in [6.07, 6.45) is 3.20. The van der Waals surface area contributed by atoms with Crippen molar-refractivity contribution in [1.29, 1.82) is 0 Å². The largest absolute Gasteiger partial charge is 0.489 e. The van der Waals surface area contributed by atoms with Gasteiger partial charge in [-0.3, -0.25) is 4.79 Å². The Morgan fingerprint density at radius 3 is 2.58 bits per heavy atom. The third-order valence-corrected chi connectivity index (χ3v) is 3.12. The Morgan fingerprint density at radius 1 is 1.12 bits per heavy atom. The predicted octanol–water partition coefficient (Wildman–Crippen LogP) is 3.09. The lowest BCUT2D eigenvalue weighted by molar-refractivity contribution is -0.123. The fraction of sp³-hybridized carbons (Fsp3) is 0.158. The van der Waals surface area contributed by atoms with E-state index in [1.165, 1.54) is 6.21 Å². The number of carbonyl (C=O) groups is 1. The van der Waals surface area contributed by atoms with E-state index in [1.54, 1.807) is 6.08 Å². The van der Waals surface area contributed by atoms with Crippen molar-refractivity contribution in [2.75, 3.05) is 13.2 Å². The molecule has 0 aliphatic heterocycles. The van der Waals surface area contributed by atoms with Crippen LogP contribution in [0.4, 0.5) is 0 Å². The molecule has 5 nitrogen and oxygen atoms in total. The van der Waals surface area contributed by atoms with Gasteiger partial charge in [-0.25, -0.2) is 5.43 Å². The summed E-state index contributed by atoms with van der Waals surface area (Å²) < 4.78 is 11.0. The minimum atomic E-state index is -0.334. The number of amides is 1. The fourth-order valence-electron chi connectivity index (χ4n) is 1.94. The second-order valence-corrected chi connectivity index (χ2v) is 4.98. The molecule has 1 amide bonds. The van der Waals surface area contributed by atoms with Crippen LogP contribution in [0.5, 0.6) is 11.5 Å². The van der Waals surface area contributed by atoms with E-state index < -0.39 is 0 Å². The number of nitrogens with zero attached hydrogens (tertiary/aromatic N) is 1. The highest BCUT2D eigenvalue weighted by atomic mass is 16.5. The van der Waals surface area contributed by atoms with Crippen LogP contribution in [0.25, 0.3) is 0 Å². The third-order valence-electron chi connectivity index (χ3n) is 3.12. The Kier molecular flexibility index (Phi) is 6.58. The van der Waals surface area contributed by atoms with Gasteiger partial charge >= 0.3 is 0 Å². The van der Waals surface area contributed by atoms with Crippen LogP contribution < -0.4 is 14.9 Å². The van der Waals surface area contributed by atoms with E-state index in [0.717, 1.165) is 11.1 Å². The average molecular weight is 324 g/mol. The van der Waals surface area contributed by atoms with E-state index in [9.17, 15) is 4.79 Å². The van der Waals surface area contributed by atoms with Crippen LogP contribution >= 0.6 is 0 Å². The van der Waals surface area contributed by atoms with Gasteiger partial charge in [0.25, 0.3) is 5.91 Å². The molecule has 0 unspecified atom stereocenters. The second-order valence-electron chi connectivity index (χ2n) is 4.98. The van der Waals surface area contributed by atoms with Crippen LogP contribution in [0.3, 0.4) is 0 Å². The summed E-state index contributed by atoms with van der Waals surface area (Å²) in [4.78, 5) is 11.8. The number of aryl methyl sites for hydroxylation is 1. The smallest absolute Gasteiger partial charge is 0.277 e. The normalized spacial score (nSPS) is 10.4. The number of nitrogens with one attached hydrogen (secondary N) is 1. The molecule has 0 saturated heterocycles. The van der Waals surface area contributed by atoms with Gasteiger partial charge in [-0.1, -0.05) is 43.0 Å². The Labute approximate surface area is 141 Å². The summed E-state index contributed by atoms with van der Waals surface area (Å²) >= 11 is 0. The lowest BCUT2D eigenvalue weighted by Crippen LogP contribution is -2.24. The summed E-state index contributed by atoms with van der Waals surface area (Å²) in [6, 6.07) is 14.9. The van der Waals surface area contributed by atoms with Gasteiger partial charge in [0.1, 0.15) is 18.1 Å². The third kappa shape index (κ3) is 5.28. The average Bonchev–Trinajstić information content (AvgIpc) is 2.60. The number of para-hydroxylation sites is 2. The van der Waals surface area contributed by atoms with Gasteiger partial charge in [0, 0.05) is 5.56 Å². The highest BCUT2D eigenvalue weighted by Gasteiger charge is 2.04. The van der Waals surface area contributed by atoms with Crippen molar-refractivity contribution in [2.45, 2.75) is 6.92 Å². The number of benzene rings is 2. The van der Waals surface area contributed by atoms with E-state index in [4.69, 9.17) is 9.47 Å². The zero-order valence-electron chi connectivity index (χ0n) is 13.6. The molecule has 0 atom stereocenters. The number of rotatable bonds is 8. The minimum Gasteiger partial charge on any atom is -0.489 e. The number of carbonyl (C=O) groups excluding carboxylic acids is 1. The predicted molar refractivity (Wildman–Crippen MR) is 94.5 cm³/mol. The highest BCUT2D eigenvalue weighted by Crippen LogP contribution is 2.16. The summed E-state index contributed by atoms with van der Waals surface area (Å²) in [7, 11) is 0. The first-order valence-corrected chi connectivity index (χ1v) is 7.53. The van der Waals surface area contributed by atoms with Crippen molar-refractivity contribution in [2.24, 2.45) is 5.10 Å². The number of ether oxygens (including phenoxy) is 2. The molecule has 24 heavy (non-hydrogen) atoms. The van der Waals surface area contributed by atoms with Gasteiger partial charge in [-0.2, -0.15) is 5.10 Å². The quantitative estimate of drug-likeness (QED) is 0.461. The Hall–Kier alpha value is -3.08. The fourth-order valence-corrected chi connectivity index (χ4v) is 1.94. The standard InChI is InChI=1S/C19H20N2O3/c1-3-12-23-18-11-7-5-9-16(18)13-20-21-19(22)14-24-17-10-6-4-8-15(17)2/h3-11,13H,1,12,14H2,2H3,(H,21,22). The lowest BCUT2D eigenvalue weighted by atomic mass is 10.2. The summed E-state index contributed by atoms with van der Waals surface area (Å²) in [6.45, 7) is 5.84. The molecule has 2 aromatic carbocycles. The molecular weight excluding hydrogens is 304 g/mol. The molecule has 124 valence electrons. The maximum atomic E-state index is 11.8. The first-order valence-electron chi connectivity index (χ1n) is 7.53. The molecule has 0 bridgehead atoms. The van der Waals surface area contributed by atoms with Crippen molar-refractivity contribution >= 4 is 12.1 Å². The van der Waals surface area contributed by atoms with Crippen molar-refractivity contribution in [3.63, 3.8) is 0 Å². The topological polar surface area (TPSA) is 59.9 Å². The van der Waals surface area contributed by atoms with Crippen molar-refractivity contribution in [3.8, 4) is 11.5 Å². The van der Waals surface area contributed by atoms with E-state index in [2.05, 4.69) is 17.1 Å². The zero-order valence-corrected chi connectivity index (χ0v) is 13.6. The van der Waals surface area contributed by atoms with Gasteiger partial charge in [0.05, 0.1) is 6.21 Å². The van der Waals surface area contributed by atoms with Crippen LogP contribution in [-0.2, 0) is 4.79 Å². The van der Waals surface area contributed by atoms with Crippen LogP contribution in [0.2, 0.25) is 0 Å². The molecule has 1 N–H and O–H groups in total. The van der Waals surface area contributed by atoms with Crippen molar-refractivity contribution < 1.29 is 14.3 Å². The molecule has 2 aromatic rings. The molecule has 0 aliphatic rings. The second kappa shape index (κ2) is 9.15. The SMILES string of the molecule is C=CCOc1ccccc1C=NNC(=O)COc1ccccc1C. The molecule has 0 aliphatic carbocycles. The minimum absolute atomic E-state index is 0.100.